The Morgan fingerprint density at radius 3 is 2.67 bits per heavy atom. The zero-order chi connectivity index (χ0) is 14.2. The Morgan fingerprint density at radius 1 is 1.33 bits per heavy atom. The fourth-order valence-corrected chi connectivity index (χ4v) is 3.12. The number of nitrogens with one attached hydrogen (secondary N) is 1. The van der Waals surface area contributed by atoms with Crippen molar-refractivity contribution in [1.82, 2.24) is 5.32 Å². The van der Waals surface area contributed by atoms with Gasteiger partial charge < -0.3 is 11.1 Å². The summed E-state index contributed by atoms with van der Waals surface area (Å²) in [5, 5.41) is 3.04. The molecule has 3 N–H and O–H groups in total. The molecule has 2 rings (SSSR count). The first-order chi connectivity index (χ1) is 9.74. The van der Waals surface area contributed by atoms with Crippen LogP contribution in [0.5, 0.6) is 0 Å². The number of rotatable bonds is 7. The van der Waals surface area contributed by atoms with Crippen LogP contribution >= 0.6 is 24.0 Å². The summed E-state index contributed by atoms with van der Waals surface area (Å²) in [4.78, 5) is 4.31. The highest BCUT2D eigenvalue weighted by atomic mass is 127. The third-order valence-electron chi connectivity index (χ3n) is 3.55. The quantitative estimate of drug-likeness (QED) is 0.403. The highest BCUT2D eigenvalue weighted by molar-refractivity contribution is 14.0. The minimum Gasteiger partial charge on any atom is -0.370 e. The average molecular weight is 421 g/mol. The van der Waals surface area contributed by atoms with E-state index in [0.717, 1.165) is 18.0 Å². The Hall–Kier alpha value is -0.630. The Labute approximate surface area is 146 Å². The van der Waals surface area contributed by atoms with Gasteiger partial charge in [0, 0.05) is 35.4 Å². The van der Waals surface area contributed by atoms with E-state index in [1.54, 1.807) is 0 Å². The molecule has 0 heterocycles. The highest BCUT2D eigenvalue weighted by Crippen LogP contribution is 2.26. The van der Waals surface area contributed by atoms with E-state index < -0.39 is 10.8 Å². The fourth-order valence-electron chi connectivity index (χ4n) is 2.08. The highest BCUT2D eigenvalue weighted by Gasteiger charge is 2.16. The molecule has 1 saturated carbocycles. The van der Waals surface area contributed by atoms with E-state index >= 15 is 0 Å². The summed E-state index contributed by atoms with van der Waals surface area (Å²) in [5.74, 6) is 2.40. The van der Waals surface area contributed by atoms with Crippen molar-refractivity contribution < 1.29 is 4.21 Å². The molecule has 0 radical (unpaired) electrons. The molecule has 1 aliphatic carbocycles. The molecular weight excluding hydrogens is 397 g/mol. The lowest BCUT2D eigenvalue weighted by Crippen LogP contribution is -2.35. The molecule has 1 atom stereocenters. The Morgan fingerprint density at radius 2 is 2.05 bits per heavy atom. The molecule has 0 saturated heterocycles. The summed E-state index contributed by atoms with van der Waals surface area (Å²) in [6.07, 6.45) is 3.88. The third kappa shape index (κ3) is 7.26. The van der Waals surface area contributed by atoms with E-state index in [2.05, 4.69) is 10.3 Å². The number of guanidine groups is 1. The van der Waals surface area contributed by atoms with Gasteiger partial charge in [-0.15, -0.1) is 24.0 Å². The summed E-state index contributed by atoms with van der Waals surface area (Å²) in [7, 11) is -0.864. The lowest BCUT2D eigenvalue weighted by atomic mass is 9.86. The van der Waals surface area contributed by atoms with Gasteiger partial charge in [0.2, 0.25) is 0 Å². The Bertz CT molecular complexity index is 463. The second kappa shape index (κ2) is 10.2. The smallest absolute Gasteiger partial charge is 0.188 e. The predicted octanol–water partition coefficient (Wildman–Crippen LogP) is 2.26. The van der Waals surface area contributed by atoms with Gasteiger partial charge in [0.15, 0.2) is 5.96 Å². The molecule has 0 aliphatic heterocycles. The molecular formula is C15H24IN3OS. The van der Waals surface area contributed by atoms with Gasteiger partial charge in [-0.1, -0.05) is 36.8 Å². The number of nitrogens with two attached hydrogens (primary N) is 1. The summed E-state index contributed by atoms with van der Waals surface area (Å²) < 4.78 is 11.9. The number of nitrogens with zero attached hydrogens (tertiary/aromatic N) is 1. The van der Waals surface area contributed by atoms with Gasteiger partial charge >= 0.3 is 0 Å². The van der Waals surface area contributed by atoms with Crippen molar-refractivity contribution in [2.45, 2.75) is 25.0 Å². The van der Waals surface area contributed by atoms with Crippen LogP contribution in [0.3, 0.4) is 0 Å². The molecule has 1 fully saturated rings. The van der Waals surface area contributed by atoms with Crippen LogP contribution < -0.4 is 11.1 Å². The molecule has 4 nitrogen and oxygen atoms in total. The minimum atomic E-state index is -0.864. The van der Waals surface area contributed by atoms with Gasteiger partial charge in [-0.05, 0) is 24.3 Å². The van der Waals surface area contributed by atoms with Gasteiger partial charge in [0.25, 0.3) is 0 Å². The Kier molecular flexibility index (Phi) is 8.91. The van der Waals surface area contributed by atoms with Gasteiger partial charge in [-0.3, -0.25) is 9.20 Å². The van der Waals surface area contributed by atoms with Crippen LogP contribution in [0.15, 0.2) is 35.3 Å². The van der Waals surface area contributed by atoms with E-state index in [-0.39, 0.29) is 24.0 Å². The Balaban J connectivity index is 0.00000220. The average Bonchev–Trinajstić information content (AvgIpc) is 2.38. The molecule has 1 aromatic rings. The predicted molar refractivity (Wildman–Crippen MR) is 100 cm³/mol. The van der Waals surface area contributed by atoms with Crippen LogP contribution in [-0.2, 0) is 16.6 Å². The molecule has 0 spiro atoms. The number of aliphatic imine (C=N–C) groups is 1. The molecule has 6 heteroatoms. The van der Waals surface area contributed by atoms with Crippen LogP contribution in [0.1, 0.15) is 24.8 Å². The summed E-state index contributed by atoms with van der Waals surface area (Å²) in [6, 6.07) is 9.90. The largest absolute Gasteiger partial charge is 0.370 e. The van der Waals surface area contributed by atoms with Crippen molar-refractivity contribution in [3.05, 3.63) is 35.9 Å². The second-order valence-electron chi connectivity index (χ2n) is 5.22. The topological polar surface area (TPSA) is 67.5 Å². The number of hydrogen-bond donors (Lipinski definition) is 2. The van der Waals surface area contributed by atoms with E-state index in [9.17, 15) is 4.21 Å². The van der Waals surface area contributed by atoms with Gasteiger partial charge in [-0.25, -0.2) is 0 Å². The maximum Gasteiger partial charge on any atom is 0.188 e. The van der Waals surface area contributed by atoms with E-state index in [1.807, 2.05) is 30.3 Å². The van der Waals surface area contributed by atoms with Gasteiger partial charge in [-0.2, -0.15) is 0 Å². The van der Waals surface area contributed by atoms with Crippen LogP contribution in [0.2, 0.25) is 0 Å². The third-order valence-corrected chi connectivity index (χ3v) is 4.87. The summed E-state index contributed by atoms with van der Waals surface area (Å²) in [5.41, 5.74) is 6.89. The number of benzene rings is 1. The molecule has 0 amide bonds. The van der Waals surface area contributed by atoms with E-state index in [1.165, 1.54) is 19.3 Å². The monoisotopic (exact) mass is 421 g/mol. The van der Waals surface area contributed by atoms with Crippen molar-refractivity contribution in [2.24, 2.45) is 16.6 Å². The first-order valence-corrected chi connectivity index (χ1v) is 8.65. The van der Waals surface area contributed by atoms with Crippen molar-refractivity contribution in [3.8, 4) is 0 Å². The van der Waals surface area contributed by atoms with Crippen molar-refractivity contribution in [2.75, 3.05) is 18.8 Å². The lowest BCUT2D eigenvalue weighted by Gasteiger charge is -2.23. The van der Waals surface area contributed by atoms with Crippen molar-refractivity contribution in [3.63, 3.8) is 0 Å². The molecule has 118 valence electrons. The SMILES string of the molecule is I.NC(=NCC1CCC1)NCCS(=O)Cc1ccccc1. The second-order valence-corrected chi connectivity index (χ2v) is 6.80. The van der Waals surface area contributed by atoms with E-state index in [4.69, 9.17) is 5.73 Å². The van der Waals surface area contributed by atoms with Crippen molar-refractivity contribution >= 4 is 40.7 Å². The molecule has 0 aromatic heterocycles. The van der Waals surface area contributed by atoms with Crippen molar-refractivity contribution in [1.29, 1.82) is 0 Å². The number of halogens is 1. The molecule has 0 bridgehead atoms. The molecule has 1 unspecified atom stereocenters. The first-order valence-electron chi connectivity index (χ1n) is 7.17. The van der Waals surface area contributed by atoms with Crippen LogP contribution in [0.25, 0.3) is 0 Å². The summed E-state index contributed by atoms with van der Waals surface area (Å²) in [6.45, 7) is 1.44. The van der Waals surface area contributed by atoms with Gasteiger partial charge in [0.1, 0.15) is 0 Å². The lowest BCUT2D eigenvalue weighted by molar-refractivity contribution is 0.326. The van der Waals surface area contributed by atoms with Gasteiger partial charge in [0.05, 0.1) is 0 Å². The first kappa shape index (κ1) is 18.4. The van der Waals surface area contributed by atoms with Crippen LogP contribution in [-0.4, -0.2) is 29.0 Å². The summed E-state index contributed by atoms with van der Waals surface area (Å²) >= 11 is 0. The maximum absolute atomic E-state index is 11.9. The normalized spacial score (nSPS) is 16.7. The zero-order valence-corrected chi connectivity index (χ0v) is 15.3. The maximum atomic E-state index is 11.9. The fraction of sp³-hybridized carbons (Fsp3) is 0.533. The molecule has 1 aliphatic rings. The standard InChI is InChI=1S/C15H23N3OS.HI/c16-15(18-11-13-7-4-8-13)17-9-10-20(19)12-14-5-2-1-3-6-14;/h1-3,5-6,13H,4,7-12H2,(H3,16,17,18);1H. The van der Waals surface area contributed by atoms with E-state index in [0.29, 0.717) is 24.0 Å². The van der Waals surface area contributed by atoms with Crippen LogP contribution in [0, 0.1) is 5.92 Å². The zero-order valence-electron chi connectivity index (χ0n) is 12.2. The minimum absolute atomic E-state index is 0. The number of hydrogen-bond acceptors (Lipinski definition) is 2. The molecule has 1 aromatic carbocycles. The van der Waals surface area contributed by atoms with Crippen LogP contribution in [0.4, 0.5) is 0 Å². The molecule has 21 heavy (non-hydrogen) atoms.